The predicted octanol–water partition coefficient (Wildman–Crippen LogP) is 3.53. The van der Waals surface area contributed by atoms with Crippen LogP contribution in [0.3, 0.4) is 0 Å². The smallest absolute Gasteiger partial charge is 0.231 e. The molecule has 1 N–H and O–H groups in total. The van der Waals surface area contributed by atoms with Crippen LogP contribution in [0.2, 0.25) is 0 Å². The van der Waals surface area contributed by atoms with E-state index in [1.54, 1.807) is 12.1 Å². The predicted molar refractivity (Wildman–Crippen MR) is 110 cm³/mol. The third-order valence-electron chi connectivity index (χ3n) is 5.61. The minimum absolute atomic E-state index is 0.00406. The molecule has 2 heterocycles. The molecular formula is C23H26N2O4. The van der Waals surface area contributed by atoms with Crippen molar-refractivity contribution in [2.75, 3.05) is 25.2 Å². The number of rotatable bonds is 5. The van der Waals surface area contributed by atoms with Crippen molar-refractivity contribution in [3.05, 3.63) is 53.6 Å². The van der Waals surface area contributed by atoms with Gasteiger partial charge in [-0.2, -0.15) is 0 Å². The van der Waals surface area contributed by atoms with Crippen LogP contribution in [0.4, 0.5) is 5.69 Å². The summed E-state index contributed by atoms with van der Waals surface area (Å²) < 4.78 is 10.6. The number of hydrogen-bond donors (Lipinski definition) is 1. The number of anilines is 1. The number of benzene rings is 2. The molecule has 0 radical (unpaired) electrons. The van der Waals surface area contributed by atoms with Gasteiger partial charge in [0.25, 0.3) is 0 Å². The Balaban J connectivity index is 1.23. The monoisotopic (exact) mass is 394 g/mol. The Hall–Kier alpha value is -3.02. The molecule has 0 bridgehead atoms. The number of likely N-dealkylation sites (tertiary alicyclic amines) is 1. The number of nitrogens with one attached hydrogen (secondary N) is 1. The van der Waals surface area contributed by atoms with Crippen LogP contribution in [-0.2, 0) is 16.0 Å². The van der Waals surface area contributed by atoms with Gasteiger partial charge >= 0.3 is 0 Å². The summed E-state index contributed by atoms with van der Waals surface area (Å²) in [7, 11) is 0. The van der Waals surface area contributed by atoms with E-state index in [4.69, 9.17) is 9.47 Å². The van der Waals surface area contributed by atoms with Gasteiger partial charge in [0.1, 0.15) is 0 Å². The Kier molecular flexibility index (Phi) is 5.69. The number of carbonyl (C=O) groups excluding carboxylic acids is 2. The lowest BCUT2D eigenvalue weighted by atomic mass is 9.95. The molecule has 0 saturated carbocycles. The van der Waals surface area contributed by atoms with Crippen molar-refractivity contribution in [2.24, 2.45) is 5.92 Å². The average molecular weight is 394 g/mol. The first kappa shape index (κ1) is 19.3. The quantitative estimate of drug-likeness (QED) is 0.842. The fraction of sp³-hybridized carbons (Fsp3) is 0.391. The molecule has 0 atom stereocenters. The van der Waals surface area contributed by atoms with Crippen molar-refractivity contribution >= 4 is 17.5 Å². The zero-order valence-electron chi connectivity index (χ0n) is 16.6. The van der Waals surface area contributed by atoms with Crippen LogP contribution in [0.1, 0.15) is 30.4 Å². The summed E-state index contributed by atoms with van der Waals surface area (Å²) in [4.78, 5) is 27.0. The lowest BCUT2D eigenvalue weighted by Gasteiger charge is -2.31. The zero-order valence-corrected chi connectivity index (χ0v) is 16.6. The lowest BCUT2D eigenvalue weighted by molar-refractivity contribution is -0.134. The normalized spacial score (nSPS) is 16.0. The van der Waals surface area contributed by atoms with Crippen LogP contribution >= 0.6 is 0 Å². The van der Waals surface area contributed by atoms with E-state index in [9.17, 15) is 9.59 Å². The molecular weight excluding hydrogens is 368 g/mol. The molecule has 6 heteroatoms. The van der Waals surface area contributed by atoms with Crippen LogP contribution in [-0.4, -0.2) is 36.6 Å². The van der Waals surface area contributed by atoms with Gasteiger partial charge in [-0.1, -0.05) is 29.8 Å². The Morgan fingerprint density at radius 3 is 2.52 bits per heavy atom. The van der Waals surface area contributed by atoms with E-state index in [0.29, 0.717) is 49.5 Å². The summed E-state index contributed by atoms with van der Waals surface area (Å²) in [6.45, 7) is 3.53. The Morgan fingerprint density at radius 2 is 1.76 bits per heavy atom. The van der Waals surface area contributed by atoms with E-state index < -0.39 is 0 Å². The van der Waals surface area contributed by atoms with Gasteiger partial charge in [-0.25, -0.2) is 0 Å². The molecule has 2 amide bonds. The first-order valence-electron chi connectivity index (χ1n) is 10.1. The highest BCUT2D eigenvalue weighted by Gasteiger charge is 2.27. The lowest BCUT2D eigenvalue weighted by Crippen LogP contribution is -2.41. The van der Waals surface area contributed by atoms with E-state index in [0.717, 1.165) is 6.42 Å². The van der Waals surface area contributed by atoms with E-state index in [2.05, 4.69) is 36.5 Å². The third-order valence-corrected chi connectivity index (χ3v) is 5.61. The van der Waals surface area contributed by atoms with E-state index in [-0.39, 0.29) is 24.5 Å². The van der Waals surface area contributed by atoms with Crippen LogP contribution in [0.5, 0.6) is 11.5 Å². The van der Waals surface area contributed by atoms with Crippen molar-refractivity contribution in [3.8, 4) is 11.5 Å². The molecule has 2 aromatic rings. The fourth-order valence-corrected chi connectivity index (χ4v) is 3.77. The molecule has 4 rings (SSSR count). The van der Waals surface area contributed by atoms with Crippen molar-refractivity contribution < 1.29 is 19.1 Å². The first-order valence-corrected chi connectivity index (χ1v) is 10.1. The third kappa shape index (κ3) is 4.70. The molecule has 2 aromatic carbocycles. The number of carbonyl (C=O) groups is 2. The zero-order chi connectivity index (χ0) is 20.2. The first-order chi connectivity index (χ1) is 14.1. The maximum Gasteiger partial charge on any atom is 0.231 e. The van der Waals surface area contributed by atoms with E-state index in [1.165, 1.54) is 11.1 Å². The average Bonchev–Trinajstić information content (AvgIpc) is 3.21. The molecule has 29 heavy (non-hydrogen) atoms. The van der Waals surface area contributed by atoms with Crippen molar-refractivity contribution in [1.82, 2.24) is 4.90 Å². The second-order valence-electron chi connectivity index (χ2n) is 7.70. The molecule has 0 spiro atoms. The fourth-order valence-electron chi connectivity index (χ4n) is 3.77. The molecule has 152 valence electrons. The molecule has 1 saturated heterocycles. The van der Waals surface area contributed by atoms with Gasteiger partial charge in [-0.15, -0.1) is 0 Å². The Morgan fingerprint density at radius 1 is 1.03 bits per heavy atom. The SMILES string of the molecule is Cc1ccc(CCC(=O)N2CCC(C(=O)Nc3ccc4c(c3)OCO4)CC2)cc1. The maximum atomic E-state index is 12.6. The largest absolute Gasteiger partial charge is 0.454 e. The summed E-state index contributed by atoms with van der Waals surface area (Å²) in [6.07, 6.45) is 2.64. The second kappa shape index (κ2) is 8.55. The number of fused-ring (bicyclic) bond motifs is 1. The molecule has 1 fully saturated rings. The maximum absolute atomic E-state index is 12.6. The van der Waals surface area contributed by atoms with Crippen LogP contribution in [0.25, 0.3) is 0 Å². The van der Waals surface area contributed by atoms with Gasteiger partial charge in [-0.3, -0.25) is 9.59 Å². The van der Waals surface area contributed by atoms with Crippen molar-refractivity contribution in [3.63, 3.8) is 0 Å². The Labute approximate surface area is 170 Å². The summed E-state index contributed by atoms with van der Waals surface area (Å²) in [5.74, 6) is 1.43. The van der Waals surface area contributed by atoms with Gasteiger partial charge in [-0.05, 0) is 43.9 Å². The number of amides is 2. The van der Waals surface area contributed by atoms with Gasteiger partial charge < -0.3 is 19.7 Å². The van der Waals surface area contributed by atoms with E-state index in [1.807, 2.05) is 11.0 Å². The highest BCUT2D eigenvalue weighted by atomic mass is 16.7. The minimum Gasteiger partial charge on any atom is -0.454 e. The highest BCUT2D eigenvalue weighted by molar-refractivity contribution is 5.93. The number of nitrogens with zero attached hydrogens (tertiary/aromatic N) is 1. The molecule has 6 nitrogen and oxygen atoms in total. The summed E-state index contributed by atoms with van der Waals surface area (Å²) in [5, 5.41) is 2.96. The summed E-state index contributed by atoms with van der Waals surface area (Å²) >= 11 is 0. The second-order valence-corrected chi connectivity index (χ2v) is 7.70. The number of ether oxygens (including phenoxy) is 2. The number of piperidine rings is 1. The molecule has 0 aromatic heterocycles. The molecule has 2 aliphatic rings. The molecule has 0 unspecified atom stereocenters. The van der Waals surface area contributed by atoms with Gasteiger partial charge in [0.15, 0.2) is 11.5 Å². The Bertz CT molecular complexity index is 886. The van der Waals surface area contributed by atoms with Gasteiger partial charge in [0, 0.05) is 37.2 Å². The topological polar surface area (TPSA) is 67.9 Å². The molecule has 0 aliphatic carbocycles. The molecule has 2 aliphatic heterocycles. The van der Waals surface area contributed by atoms with Gasteiger partial charge in [0.2, 0.25) is 18.6 Å². The van der Waals surface area contributed by atoms with Crippen LogP contribution in [0.15, 0.2) is 42.5 Å². The van der Waals surface area contributed by atoms with Crippen molar-refractivity contribution in [2.45, 2.75) is 32.6 Å². The van der Waals surface area contributed by atoms with Crippen LogP contribution < -0.4 is 14.8 Å². The highest BCUT2D eigenvalue weighted by Crippen LogP contribution is 2.34. The minimum atomic E-state index is -0.0819. The number of hydrogen-bond acceptors (Lipinski definition) is 4. The number of aryl methyl sites for hydroxylation is 2. The standard InChI is InChI=1S/C23H26N2O4/c1-16-2-4-17(5-3-16)6-9-22(26)25-12-10-18(11-13-25)23(27)24-19-7-8-20-21(14-19)29-15-28-20/h2-5,7-8,14,18H,6,9-13,15H2,1H3,(H,24,27). The van der Waals surface area contributed by atoms with Gasteiger partial charge in [0.05, 0.1) is 0 Å². The van der Waals surface area contributed by atoms with E-state index >= 15 is 0 Å². The van der Waals surface area contributed by atoms with Crippen molar-refractivity contribution in [1.29, 1.82) is 0 Å². The summed E-state index contributed by atoms with van der Waals surface area (Å²) in [6, 6.07) is 13.7. The summed E-state index contributed by atoms with van der Waals surface area (Å²) in [5.41, 5.74) is 3.11. The van der Waals surface area contributed by atoms with Crippen LogP contribution in [0, 0.1) is 12.8 Å².